The number of benzene rings is 1. The Morgan fingerprint density at radius 3 is 2.62 bits per heavy atom. The third-order valence-corrected chi connectivity index (χ3v) is 2.92. The van der Waals surface area contributed by atoms with Crippen molar-refractivity contribution in [1.82, 2.24) is 4.90 Å². The largest absolute Gasteiger partial charge is 0.299 e. The SMILES string of the molecule is CCCN(CC)Cc1ccc(C#N)cc1Cl. The summed E-state index contributed by atoms with van der Waals surface area (Å²) in [5, 5.41) is 9.43. The zero-order chi connectivity index (χ0) is 12.0. The van der Waals surface area contributed by atoms with Gasteiger partial charge in [0, 0.05) is 11.6 Å². The Labute approximate surface area is 102 Å². The van der Waals surface area contributed by atoms with Crippen LogP contribution in [0, 0.1) is 11.3 Å². The molecule has 0 spiro atoms. The summed E-state index contributed by atoms with van der Waals surface area (Å²) in [5.41, 5.74) is 1.71. The molecule has 0 bridgehead atoms. The van der Waals surface area contributed by atoms with Crippen LogP contribution in [0.3, 0.4) is 0 Å². The van der Waals surface area contributed by atoms with Crippen LogP contribution in [0.2, 0.25) is 5.02 Å². The van der Waals surface area contributed by atoms with Crippen molar-refractivity contribution in [3.63, 3.8) is 0 Å². The van der Waals surface area contributed by atoms with Crippen molar-refractivity contribution in [3.8, 4) is 6.07 Å². The molecule has 0 atom stereocenters. The van der Waals surface area contributed by atoms with Gasteiger partial charge in [-0.1, -0.05) is 31.5 Å². The first-order valence-electron chi connectivity index (χ1n) is 5.62. The predicted molar refractivity (Wildman–Crippen MR) is 67.4 cm³/mol. The molecule has 2 nitrogen and oxygen atoms in total. The lowest BCUT2D eigenvalue weighted by Crippen LogP contribution is -2.23. The van der Waals surface area contributed by atoms with E-state index in [1.165, 1.54) is 0 Å². The quantitative estimate of drug-likeness (QED) is 0.783. The highest BCUT2D eigenvalue weighted by Gasteiger charge is 2.06. The highest BCUT2D eigenvalue weighted by Crippen LogP contribution is 2.19. The summed E-state index contributed by atoms with van der Waals surface area (Å²) in [6, 6.07) is 7.59. The van der Waals surface area contributed by atoms with E-state index in [2.05, 4.69) is 24.8 Å². The van der Waals surface area contributed by atoms with Crippen molar-refractivity contribution in [2.45, 2.75) is 26.8 Å². The van der Waals surface area contributed by atoms with Crippen LogP contribution < -0.4 is 0 Å². The summed E-state index contributed by atoms with van der Waals surface area (Å²) in [6.07, 6.45) is 1.14. The predicted octanol–water partition coefficient (Wildman–Crippen LogP) is 3.44. The standard InChI is InChI=1S/C13H17ClN2/c1-3-7-16(4-2)10-12-6-5-11(9-15)8-13(12)14/h5-6,8H,3-4,7,10H2,1-2H3. The molecule has 3 heteroatoms. The molecule has 1 aromatic rings. The summed E-state index contributed by atoms with van der Waals surface area (Å²) in [4.78, 5) is 2.34. The van der Waals surface area contributed by atoms with Crippen molar-refractivity contribution in [3.05, 3.63) is 34.3 Å². The van der Waals surface area contributed by atoms with E-state index >= 15 is 0 Å². The second kappa shape index (κ2) is 6.52. The molecular formula is C13H17ClN2. The second-order valence-corrected chi connectivity index (χ2v) is 4.19. The third-order valence-electron chi connectivity index (χ3n) is 2.56. The van der Waals surface area contributed by atoms with E-state index in [1.54, 1.807) is 6.07 Å². The molecule has 0 aliphatic rings. The Hall–Kier alpha value is -1.04. The highest BCUT2D eigenvalue weighted by molar-refractivity contribution is 6.31. The molecule has 0 heterocycles. The molecular weight excluding hydrogens is 220 g/mol. The van der Waals surface area contributed by atoms with Gasteiger partial charge in [0.25, 0.3) is 0 Å². The molecule has 0 unspecified atom stereocenters. The van der Waals surface area contributed by atoms with Crippen LogP contribution in [-0.2, 0) is 6.54 Å². The Balaban J connectivity index is 2.77. The highest BCUT2D eigenvalue weighted by atomic mass is 35.5. The molecule has 0 aromatic heterocycles. The van der Waals surface area contributed by atoms with Gasteiger partial charge in [-0.2, -0.15) is 5.26 Å². The van der Waals surface area contributed by atoms with E-state index in [-0.39, 0.29) is 0 Å². The Morgan fingerprint density at radius 2 is 2.12 bits per heavy atom. The summed E-state index contributed by atoms with van der Waals surface area (Å²) in [7, 11) is 0. The molecule has 0 aliphatic heterocycles. The number of nitrogens with zero attached hydrogens (tertiary/aromatic N) is 2. The Kier molecular flexibility index (Phi) is 5.31. The molecule has 1 aromatic carbocycles. The van der Waals surface area contributed by atoms with Crippen LogP contribution in [0.25, 0.3) is 0 Å². The number of hydrogen-bond acceptors (Lipinski definition) is 2. The monoisotopic (exact) mass is 236 g/mol. The Bertz CT molecular complexity index is 382. The molecule has 0 saturated carbocycles. The molecule has 0 N–H and O–H groups in total. The van der Waals surface area contributed by atoms with E-state index in [0.29, 0.717) is 10.6 Å². The van der Waals surface area contributed by atoms with Crippen LogP contribution in [-0.4, -0.2) is 18.0 Å². The van der Waals surface area contributed by atoms with Gasteiger partial charge in [0.15, 0.2) is 0 Å². The molecule has 0 radical (unpaired) electrons. The van der Waals surface area contributed by atoms with Gasteiger partial charge < -0.3 is 0 Å². The molecule has 0 fully saturated rings. The lowest BCUT2D eigenvalue weighted by molar-refractivity contribution is 0.280. The summed E-state index contributed by atoms with van der Waals surface area (Å²) < 4.78 is 0. The Morgan fingerprint density at radius 1 is 1.38 bits per heavy atom. The van der Waals surface area contributed by atoms with Crippen molar-refractivity contribution < 1.29 is 0 Å². The molecule has 0 amide bonds. The van der Waals surface area contributed by atoms with Crippen molar-refractivity contribution in [2.24, 2.45) is 0 Å². The van der Waals surface area contributed by atoms with Crippen LogP contribution in [0.5, 0.6) is 0 Å². The van der Waals surface area contributed by atoms with Crippen LogP contribution in [0.15, 0.2) is 18.2 Å². The van der Waals surface area contributed by atoms with E-state index in [9.17, 15) is 0 Å². The fourth-order valence-electron chi connectivity index (χ4n) is 1.65. The summed E-state index contributed by atoms with van der Waals surface area (Å²) in [6.45, 7) is 7.27. The first kappa shape index (κ1) is 13.0. The first-order chi connectivity index (χ1) is 7.71. The van der Waals surface area contributed by atoms with E-state index in [0.717, 1.165) is 31.6 Å². The maximum atomic E-state index is 8.75. The van der Waals surface area contributed by atoms with Crippen LogP contribution in [0.1, 0.15) is 31.4 Å². The van der Waals surface area contributed by atoms with Crippen molar-refractivity contribution in [1.29, 1.82) is 5.26 Å². The number of rotatable bonds is 5. The van der Waals surface area contributed by atoms with Gasteiger partial charge >= 0.3 is 0 Å². The zero-order valence-electron chi connectivity index (χ0n) is 9.83. The van der Waals surface area contributed by atoms with Gasteiger partial charge in [-0.15, -0.1) is 0 Å². The first-order valence-corrected chi connectivity index (χ1v) is 6.00. The van der Waals surface area contributed by atoms with Crippen LogP contribution in [0.4, 0.5) is 0 Å². The molecule has 1 rings (SSSR count). The topological polar surface area (TPSA) is 27.0 Å². The maximum absolute atomic E-state index is 8.75. The van der Waals surface area contributed by atoms with E-state index in [1.807, 2.05) is 12.1 Å². The smallest absolute Gasteiger partial charge is 0.0992 e. The van der Waals surface area contributed by atoms with Gasteiger partial charge in [0.05, 0.1) is 11.6 Å². The second-order valence-electron chi connectivity index (χ2n) is 3.79. The minimum absolute atomic E-state index is 0.618. The normalized spacial score (nSPS) is 10.4. The van der Waals surface area contributed by atoms with Gasteiger partial charge in [0.1, 0.15) is 0 Å². The van der Waals surface area contributed by atoms with Gasteiger partial charge in [-0.25, -0.2) is 0 Å². The fraction of sp³-hybridized carbons (Fsp3) is 0.462. The average Bonchev–Trinajstić information content (AvgIpc) is 2.30. The van der Waals surface area contributed by atoms with Crippen molar-refractivity contribution >= 4 is 11.6 Å². The molecule has 0 saturated heterocycles. The third kappa shape index (κ3) is 3.52. The summed E-state index contributed by atoms with van der Waals surface area (Å²) in [5.74, 6) is 0. The number of hydrogen-bond donors (Lipinski definition) is 0. The van der Waals surface area contributed by atoms with Gasteiger partial charge in [-0.05, 0) is 37.2 Å². The van der Waals surface area contributed by atoms with E-state index in [4.69, 9.17) is 16.9 Å². The summed E-state index contributed by atoms with van der Waals surface area (Å²) >= 11 is 6.13. The maximum Gasteiger partial charge on any atom is 0.0992 e. The minimum Gasteiger partial charge on any atom is -0.299 e. The lowest BCUT2D eigenvalue weighted by Gasteiger charge is -2.20. The number of halogens is 1. The minimum atomic E-state index is 0.618. The number of nitriles is 1. The van der Waals surface area contributed by atoms with Gasteiger partial charge in [0.2, 0.25) is 0 Å². The van der Waals surface area contributed by atoms with Crippen molar-refractivity contribution in [2.75, 3.05) is 13.1 Å². The lowest BCUT2D eigenvalue weighted by atomic mass is 10.1. The van der Waals surface area contributed by atoms with E-state index < -0.39 is 0 Å². The fourth-order valence-corrected chi connectivity index (χ4v) is 1.89. The molecule has 86 valence electrons. The zero-order valence-corrected chi connectivity index (χ0v) is 10.6. The molecule has 0 aliphatic carbocycles. The molecule has 16 heavy (non-hydrogen) atoms. The average molecular weight is 237 g/mol. The van der Waals surface area contributed by atoms with Gasteiger partial charge in [-0.3, -0.25) is 4.90 Å². The van der Waals surface area contributed by atoms with Crippen LogP contribution >= 0.6 is 11.6 Å².